The van der Waals surface area contributed by atoms with Crippen LogP contribution in [0, 0.1) is 5.92 Å². The number of halogens is 2. The van der Waals surface area contributed by atoms with Crippen LogP contribution in [0.3, 0.4) is 0 Å². The molecule has 4 nitrogen and oxygen atoms in total. The van der Waals surface area contributed by atoms with Gasteiger partial charge in [0.15, 0.2) is 0 Å². The lowest BCUT2D eigenvalue weighted by Crippen LogP contribution is -2.45. The Hall–Kier alpha value is -1.07. The van der Waals surface area contributed by atoms with Crippen molar-refractivity contribution in [1.29, 1.82) is 0 Å². The Kier molecular flexibility index (Phi) is 9.66. The predicted molar refractivity (Wildman–Crippen MR) is 111 cm³/mol. The highest BCUT2D eigenvalue weighted by molar-refractivity contribution is 5.85. The largest absolute Gasteiger partial charge is 0.468 e. The number of nitrogens with zero attached hydrogens (tertiary/aromatic N) is 1. The van der Waals surface area contributed by atoms with E-state index in [2.05, 4.69) is 53.5 Å². The van der Waals surface area contributed by atoms with Crippen LogP contribution in [0.5, 0.6) is 0 Å². The minimum absolute atomic E-state index is 0. The van der Waals surface area contributed by atoms with Crippen molar-refractivity contribution in [3.63, 3.8) is 0 Å². The average Bonchev–Trinajstić information content (AvgIpc) is 3.37. The maximum Gasteiger partial charge on any atom is 0.319 e. The average molecular weight is 401 g/mol. The van der Waals surface area contributed by atoms with Gasteiger partial charge in [-0.1, -0.05) is 42.0 Å². The first kappa shape index (κ1) is 23.0. The molecule has 26 heavy (non-hydrogen) atoms. The molecule has 0 radical (unpaired) electrons. The summed E-state index contributed by atoms with van der Waals surface area (Å²) in [6.45, 7) is 4.62. The SMILES string of the molecule is COC(=O)CN1CCC(NC2CC2C(C)=Cc2ccccc2)CC1.Cl.Cl. The Morgan fingerprint density at radius 1 is 1.23 bits per heavy atom. The maximum atomic E-state index is 11.3. The molecular weight excluding hydrogens is 371 g/mol. The van der Waals surface area contributed by atoms with Gasteiger partial charge in [-0.3, -0.25) is 9.69 Å². The molecule has 1 saturated carbocycles. The summed E-state index contributed by atoms with van der Waals surface area (Å²) in [4.78, 5) is 13.5. The summed E-state index contributed by atoms with van der Waals surface area (Å²) in [5.74, 6) is 0.545. The molecule has 0 aromatic heterocycles. The third-order valence-electron chi connectivity index (χ3n) is 5.19. The topological polar surface area (TPSA) is 41.6 Å². The Bertz CT molecular complexity index is 587. The number of ether oxygens (including phenoxy) is 1. The monoisotopic (exact) mass is 400 g/mol. The van der Waals surface area contributed by atoms with E-state index in [0.717, 1.165) is 25.9 Å². The summed E-state index contributed by atoms with van der Waals surface area (Å²) in [6.07, 6.45) is 5.78. The molecule has 0 bridgehead atoms. The quantitative estimate of drug-likeness (QED) is 0.741. The molecule has 2 aliphatic rings. The van der Waals surface area contributed by atoms with Gasteiger partial charge in [0.1, 0.15) is 0 Å². The van der Waals surface area contributed by atoms with Gasteiger partial charge in [-0.25, -0.2) is 0 Å². The van der Waals surface area contributed by atoms with Crippen LogP contribution in [-0.2, 0) is 9.53 Å². The van der Waals surface area contributed by atoms with Crippen molar-refractivity contribution < 1.29 is 9.53 Å². The Labute approximate surface area is 169 Å². The molecule has 1 aromatic rings. The normalized spacial score (nSPS) is 23.5. The van der Waals surface area contributed by atoms with Gasteiger partial charge in [-0.15, -0.1) is 24.8 Å². The number of carbonyl (C=O) groups is 1. The molecule has 0 spiro atoms. The first-order valence-corrected chi connectivity index (χ1v) is 8.94. The van der Waals surface area contributed by atoms with E-state index in [1.807, 2.05) is 0 Å². The van der Waals surface area contributed by atoms with Crippen LogP contribution in [0.15, 0.2) is 35.9 Å². The second kappa shape index (κ2) is 10.9. The van der Waals surface area contributed by atoms with E-state index in [0.29, 0.717) is 24.5 Å². The van der Waals surface area contributed by atoms with Gasteiger partial charge in [-0.05, 0) is 37.7 Å². The molecule has 1 saturated heterocycles. The van der Waals surface area contributed by atoms with Gasteiger partial charge in [0, 0.05) is 25.2 Å². The lowest BCUT2D eigenvalue weighted by molar-refractivity contribution is -0.142. The van der Waals surface area contributed by atoms with E-state index in [4.69, 9.17) is 4.74 Å². The minimum Gasteiger partial charge on any atom is -0.468 e. The Balaban J connectivity index is 0.00000169. The van der Waals surface area contributed by atoms with Gasteiger partial charge >= 0.3 is 5.97 Å². The van der Waals surface area contributed by atoms with Gasteiger partial charge in [0.2, 0.25) is 0 Å². The van der Waals surface area contributed by atoms with Crippen LogP contribution in [-0.4, -0.2) is 49.7 Å². The molecule has 1 aliphatic carbocycles. The number of methoxy groups -OCH3 is 1. The number of piperidine rings is 1. The molecule has 1 aromatic carbocycles. The number of hydrogen-bond donors (Lipinski definition) is 1. The molecule has 3 rings (SSSR count). The van der Waals surface area contributed by atoms with Gasteiger partial charge in [0.25, 0.3) is 0 Å². The number of hydrogen-bond acceptors (Lipinski definition) is 4. The molecule has 2 atom stereocenters. The molecule has 1 heterocycles. The highest BCUT2D eigenvalue weighted by atomic mass is 35.5. The zero-order valence-corrected chi connectivity index (χ0v) is 17.2. The van der Waals surface area contributed by atoms with E-state index in [-0.39, 0.29) is 30.8 Å². The second-order valence-corrected chi connectivity index (χ2v) is 7.04. The van der Waals surface area contributed by atoms with E-state index < -0.39 is 0 Å². The predicted octanol–water partition coefficient (Wildman–Crippen LogP) is 3.55. The van der Waals surface area contributed by atoms with Crippen molar-refractivity contribution in [2.24, 2.45) is 5.92 Å². The summed E-state index contributed by atoms with van der Waals surface area (Å²) in [5.41, 5.74) is 2.76. The van der Waals surface area contributed by atoms with Gasteiger partial charge in [0.05, 0.1) is 13.7 Å². The fraction of sp³-hybridized carbons (Fsp3) is 0.550. The van der Waals surface area contributed by atoms with E-state index in [1.54, 1.807) is 0 Å². The molecular formula is C20H30Cl2N2O2. The third-order valence-corrected chi connectivity index (χ3v) is 5.19. The fourth-order valence-electron chi connectivity index (χ4n) is 3.61. The molecule has 1 N–H and O–H groups in total. The number of benzene rings is 1. The van der Waals surface area contributed by atoms with E-state index >= 15 is 0 Å². The first-order chi connectivity index (χ1) is 11.7. The fourth-order valence-corrected chi connectivity index (χ4v) is 3.61. The maximum absolute atomic E-state index is 11.3. The molecule has 146 valence electrons. The number of rotatable bonds is 6. The van der Waals surface area contributed by atoms with Crippen molar-refractivity contribution in [3.8, 4) is 0 Å². The number of likely N-dealkylation sites (tertiary alicyclic amines) is 1. The van der Waals surface area contributed by atoms with Crippen LogP contribution < -0.4 is 5.32 Å². The summed E-state index contributed by atoms with van der Waals surface area (Å²) >= 11 is 0. The van der Waals surface area contributed by atoms with Crippen LogP contribution in [0.4, 0.5) is 0 Å². The Morgan fingerprint density at radius 2 is 1.88 bits per heavy atom. The highest BCUT2D eigenvalue weighted by Gasteiger charge is 2.39. The first-order valence-electron chi connectivity index (χ1n) is 8.94. The van der Waals surface area contributed by atoms with E-state index in [1.165, 1.54) is 24.7 Å². The van der Waals surface area contributed by atoms with Gasteiger partial charge < -0.3 is 10.1 Å². The second-order valence-electron chi connectivity index (χ2n) is 7.04. The van der Waals surface area contributed by atoms with Gasteiger partial charge in [-0.2, -0.15) is 0 Å². The van der Waals surface area contributed by atoms with Crippen LogP contribution in [0.2, 0.25) is 0 Å². The van der Waals surface area contributed by atoms with Crippen LogP contribution in [0.1, 0.15) is 31.7 Å². The summed E-state index contributed by atoms with van der Waals surface area (Å²) in [7, 11) is 1.45. The van der Waals surface area contributed by atoms with Crippen molar-refractivity contribution >= 4 is 36.9 Å². The molecule has 0 amide bonds. The molecule has 2 unspecified atom stereocenters. The number of nitrogens with one attached hydrogen (secondary N) is 1. The highest BCUT2D eigenvalue weighted by Crippen LogP contribution is 2.38. The smallest absolute Gasteiger partial charge is 0.319 e. The zero-order valence-electron chi connectivity index (χ0n) is 15.5. The Morgan fingerprint density at radius 3 is 2.50 bits per heavy atom. The standard InChI is InChI=1S/C20H28N2O2.2ClH/c1-15(12-16-6-4-3-5-7-16)18-13-19(18)21-17-8-10-22(11-9-17)14-20(23)24-2;;/h3-7,12,17-19,21H,8-11,13-14H2,1-2H3;2*1H. The van der Waals surface area contributed by atoms with Crippen molar-refractivity contribution in [2.75, 3.05) is 26.7 Å². The molecule has 2 fully saturated rings. The summed E-state index contributed by atoms with van der Waals surface area (Å²) < 4.78 is 4.74. The lowest BCUT2D eigenvalue weighted by atomic mass is 10.0. The summed E-state index contributed by atoms with van der Waals surface area (Å²) in [6, 6.07) is 11.8. The van der Waals surface area contributed by atoms with E-state index in [9.17, 15) is 4.79 Å². The van der Waals surface area contributed by atoms with Crippen molar-refractivity contribution in [2.45, 2.75) is 38.3 Å². The van der Waals surface area contributed by atoms with Crippen molar-refractivity contribution in [1.82, 2.24) is 10.2 Å². The molecule has 1 aliphatic heterocycles. The molecule has 6 heteroatoms. The van der Waals surface area contributed by atoms with Crippen LogP contribution in [0.25, 0.3) is 6.08 Å². The lowest BCUT2D eigenvalue weighted by Gasteiger charge is -2.31. The summed E-state index contributed by atoms with van der Waals surface area (Å²) in [5, 5.41) is 3.81. The zero-order chi connectivity index (χ0) is 16.9. The minimum atomic E-state index is -0.134. The third kappa shape index (κ3) is 6.58. The van der Waals surface area contributed by atoms with Crippen LogP contribution >= 0.6 is 24.8 Å². The number of esters is 1. The number of carbonyl (C=O) groups excluding carboxylic acids is 1. The van der Waals surface area contributed by atoms with Crippen molar-refractivity contribution in [3.05, 3.63) is 41.5 Å².